The van der Waals surface area contributed by atoms with E-state index < -0.39 is 0 Å². The van der Waals surface area contributed by atoms with Gasteiger partial charge in [-0.2, -0.15) is 10.1 Å². The third-order valence-corrected chi connectivity index (χ3v) is 3.39. The summed E-state index contributed by atoms with van der Waals surface area (Å²) in [4.78, 5) is 15.9. The van der Waals surface area contributed by atoms with Crippen LogP contribution in [0.2, 0.25) is 0 Å². The first-order valence-electron chi connectivity index (χ1n) is 6.57. The van der Waals surface area contributed by atoms with E-state index >= 15 is 0 Å². The molecule has 8 nitrogen and oxygen atoms in total. The van der Waals surface area contributed by atoms with Crippen molar-refractivity contribution in [2.75, 3.05) is 12.4 Å². The van der Waals surface area contributed by atoms with Gasteiger partial charge in [0.15, 0.2) is 0 Å². The lowest BCUT2D eigenvalue weighted by Gasteiger charge is -2.10. The molecule has 0 radical (unpaired) electrons. The minimum absolute atomic E-state index is 0.0707. The van der Waals surface area contributed by atoms with E-state index in [-0.39, 0.29) is 18.0 Å². The van der Waals surface area contributed by atoms with Crippen LogP contribution in [0.1, 0.15) is 18.0 Å². The van der Waals surface area contributed by atoms with Crippen molar-refractivity contribution in [3.05, 3.63) is 36.2 Å². The smallest absolute Gasteiger partial charge is 0.245 e. The monoisotopic (exact) mass is 288 g/mol. The van der Waals surface area contributed by atoms with E-state index in [4.69, 9.17) is 4.74 Å². The van der Waals surface area contributed by atoms with E-state index in [9.17, 15) is 4.79 Å². The second-order valence-electron chi connectivity index (χ2n) is 4.73. The van der Waals surface area contributed by atoms with E-state index in [1.165, 1.54) is 6.33 Å². The highest BCUT2D eigenvalue weighted by Crippen LogP contribution is 2.24. The Bertz CT molecular complexity index is 598. The minimum atomic E-state index is -0.331. The molecule has 1 aromatic carbocycles. The van der Waals surface area contributed by atoms with Crippen LogP contribution < -0.4 is 20.9 Å². The molecular weight excluding hydrogens is 272 g/mol. The number of hydrogen-bond donors (Lipinski definition) is 4. The molecule has 3 rings (SSSR count). The molecule has 1 amide bonds. The lowest BCUT2D eigenvalue weighted by molar-refractivity contribution is -0.117. The predicted molar refractivity (Wildman–Crippen MR) is 75.4 cm³/mol. The van der Waals surface area contributed by atoms with Gasteiger partial charge in [0, 0.05) is 6.04 Å². The highest BCUT2D eigenvalue weighted by atomic mass is 16.5. The Morgan fingerprint density at radius 3 is 2.81 bits per heavy atom. The number of hydrazine groups is 1. The Labute approximate surface area is 121 Å². The summed E-state index contributed by atoms with van der Waals surface area (Å²) in [6.45, 7) is 0. The van der Waals surface area contributed by atoms with Crippen LogP contribution in [-0.4, -0.2) is 34.2 Å². The standard InChI is InChI=1S/C13H16N6O2/c1-21-9-4-2-8(3-5-9)10-6-11(18-17-10)12(20)16-13-14-7-15-19-13/h2-5,7,10-11,17-18H,6H2,1H3,(H2,14,15,16,19,20). The molecule has 110 valence electrons. The molecule has 1 fully saturated rings. The number of aromatic amines is 1. The van der Waals surface area contributed by atoms with Crippen molar-refractivity contribution < 1.29 is 9.53 Å². The number of nitrogens with one attached hydrogen (secondary N) is 4. The number of aromatic nitrogens is 3. The Morgan fingerprint density at radius 2 is 2.14 bits per heavy atom. The number of H-pyrrole nitrogens is 1. The van der Waals surface area contributed by atoms with Crippen molar-refractivity contribution in [1.29, 1.82) is 0 Å². The van der Waals surface area contributed by atoms with Gasteiger partial charge in [-0.25, -0.2) is 16.0 Å². The Balaban J connectivity index is 1.60. The van der Waals surface area contributed by atoms with Crippen molar-refractivity contribution >= 4 is 11.9 Å². The van der Waals surface area contributed by atoms with E-state index in [2.05, 4.69) is 31.3 Å². The summed E-state index contributed by atoms with van der Waals surface area (Å²) >= 11 is 0. The molecule has 1 aliphatic rings. The molecule has 2 aromatic rings. The first kappa shape index (κ1) is 13.5. The maximum atomic E-state index is 12.1. The molecule has 1 aromatic heterocycles. The molecule has 2 atom stereocenters. The van der Waals surface area contributed by atoms with Gasteiger partial charge in [-0.1, -0.05) is 12.1 Å². The van der Waals surface area contributed by atoms with Crippen LogP contribution in [0.4, 0.5) is 5.95 Å². The third kappa shape index (κ3) is 3.01. The Kier molecular flexibility index (Phi) is 3.80. The molecule has 2 unspecified atom stereocenters. The van der Waals surface area contributed by atoms with Gasteiger partial charge in [0.2, 0.25) is 11.9 Å². The largest absolute Gasteiger partial charge is 0.497 e. The van der Waals surface area contributed by atoms with Gasteiger partial charge < -0.3 is 4.74 Å². The maximum absolute atomic E-state index is 12.1. The number of anilines is 1. The van der Waals surface area contributed by atoms with Gasteiger partial charge in [0.25, 0.3) is 0 Å². The zero-order valence-electron chi connectivity index (χ0n) is 11.5. The number of rotatable bonds is 4. The summed E-state index contributed by atoms with van der Waals surface area (Å²) in [5.74, 6) is 0.995. The first-order valence-corrected chi connectivity index (χ1v) is 6.57. The number of ether oxygens (including phenoxy) is 1. The van der Waals surface area contributed by atoms with Crippen LogP contribution in [0.25, 0.3) is 0 Å². The lowest BCUT2D eigenvalue weighted by atomic mass is 10.0. The van der Waals surface area contributed by atoms with Gasteiger partial charge in [-0.15, -0.1) is 0 Å². The van der Waals surface area contributed by atoms with Gasteiger partial charge in [0.1, 0.15) is 18.1 Å². The summed E-state index contributed by atoms with van der Waals surface area (Å²) < 4.78 is 5.13. The summed E-state index contributed by atoms with van der Waals surface area (Å²) in [6, 6.07) is 7.50. The van der Waals surface area contributed by atoms with Gasteiger partial charge >= 0.3 is 0 Å². The van der Waals surface area contributed by atoms with Gasteiger partial charge in [0.05, 0.1) is 7.11 Å². The first-order chi connectivity index (χ1) is 10.3. The molecule has 21 heavy (non-hydrogen) atoms. The van der Waals surface area contributed by atoms with Gasteiger partial charge in [-0.3, -0.25) is 10.1 Å². The average molecular weight is 288 g/mol. The van der Waals surface area contributed by atoms with Crippen molar-refractivity contribution in [2.24, 2.45) is 0 Å². The molecule has 8 heteroatoms. The molecule has 1 aliphatic heterocycles. The Morgan fingerprint density at radius 1 is 1.33 bits per heavy atom. The topological polar surface area (TPSA) is 104 Å². The molecule has 0 bridgehead atoms. The minimum Gasteiger partial charge on any atom is -0.497 e. The second kappa shape index (κ2) is 5.90. The fourth-order valence-corrected chi connectivity index (χ4v) is 2.25. The normalized spacial score (nSPS) is 21.2. The number of hydrogen-bond acceptors (Lipinski definition) is 6. The number of nitrogens with zero attached hydrogens (tertiary/aromatic N) is 2. The number of carbonyl (C=O) groups is 1. The van der Waals surface area contributed by atoms with E-state index in [0.717, 1.165) is 11.3 Å². The van der Waals surface area contributed by atoms with Crippen molar-refractivity contribution in [3.63, 3.8) is 0 Å². The molecule has 1 saturated heterocycles. The SMILES string of the molecule is COc1ccc(C2CC(C(=O)Nc3ncn[nH]3)NN2)cc1. The zero-order valence-corrected chi connectivity index (χ0v) is 11.5. The van der Waals surface area contributed by atoms with E-state index in [1.54, 1.807) is 7.11 Å². The number of amides is 1. The van der Waals surface area contributed by atoms with Crippen LogP contribution in [-0.2, 0) is 4.79 Å². The van der Waals surface area contributed by atoms with E-state index in [0.29, 0.717) is 12.4 Å². The fraction of sp³-hybridized carbons (Fsp3) is 0.308. The van der Waals surface area contributed by atoms with Gasteiger partial charge in [-0.05, 0) is 24.1 Å². The fourth-order valence-electron chi connectivity index (χ4n) is 2.25. The summed E-state index contributed by atoms with van der Waals surface area (Å²) in [5.41, 5.74) is 7.21. The van der Waals surface area contributed by atoms with E-state index in [1.807, 2.05) is 24.3 Å². The number of benzene rings is 1. The maximum Gasteiger partial charge on any atom is 0.245 e. The molecule has 2 heterocycles. The van der Waals surface area contributed by atoms with Crippen LogP contribution in [0.3, 0.4) is 0 Å². The molecule has 0 saturated carbocycles. The number of carbonyl (C=O) groups excluding carboxylic acids is 1. The molecular formula is C13H16N6O2. The molecule has 0 aliphatic carbocycles. The zero-order chi connectivity index (χ0) is 14.7. The second-order valence-corrected chi connectivity index (χ2v) is 4.73. The number of methoxy groups -OCH3 is 1. The highest BCUT2D eigenvalue weighted by molar-refractivity contribution is 5.93. The molecule has 0 spiro atoms. The van der Waals surface area contributed by atoms with Crippen LogP contribution in [0, 0.1) is 0 Å². The Hall–Kier alpha value is -2.45. The van der Waals surface area contributed by atoms with Crippen LogP contribution in [0.15, 0.2) is 30.6 Å². The van der Waals surface area contributed by atoms with Crippen molar-refractivity contribution in [2.45, 2.75) is 18.5 Å². The van der Waals surface area contributed by atoms with Crippen molar-refractivity contribution in [1.82, 2.24) is 26.0 Å². The third-order valence-electron chi connectivity index (χ3n) is 3.39. The van der Waals surface area contributed by atoms with Crippen molar-refractivity contribution in [3.8, 4) is 5.75 Å². The predicted octanol–water partition coefficient (Wildman–Crippen LogP) is 0.360. The van der Waals surface area contributed by atoms with Crippen LogP contribution in [0.5, 0.6) is 5.75 Å². The molecule has 4 N–H and O–H groups in total. The van der Waals surface area contributed by atoms with Crippen LogP contribution >= 0.6 is 0 Å². The summed E-state index contributed by atoms with van der Waals surface area (Å²) in [6.07, 6.45) is 1.99. The summed E-state index contributed by atoms with van der Waals surface area (Å²) in [7, 11) is 1.63. The average Bonchev–Trinajstić information content (AvgIpc) is 3.18. The highest BCUT2D eigenvalue weighted by Gasteiger charge is 2.30. The quantitative estimate of drug-likeness (QED) is 0.647. The summed E-state index contributed by atoms with van der Waals surface area (Å²) in [5, 5.41) is 8.94. The lowest BCUT2D eigenvalue weighted by Crippen LogP contribution is -2.39.